The highest BCUT2D eigenvalue weighted by Gasteiger charge is 2.39. The fourth-order valence-electron chi connectivity index (χ4n) is 3.59. The zero-order chi connectivity index (χ0) is 15.7. The van der Waals surface area contributed by atoms with E-state index in [9.17, 15) is 18.0 Å². The second kappa shape index (κ2) is 5.91. The monoisotopic (exact) mass is 312 g/mol. The van der Waals surface area contributed by atoms with Crippen LogP contribution in [0.1, 0.15) is 30.4 Å². The Morgan fingerprint density at radius 3 is 2.68 bits per heavy atom. The Labute approximate surface area is 127 Å². The Morgan fingerprint density at radius 1 is 1.18 bits per heavy atom. The third-order valence-corrected chi connectivity index (χ3v) is 4.61. The normalized spacial score (nSPS) is 25.1. The molecule has 3 nitrogen and oxygen atoms in total. The van der Waals surface area contributed by atoms with E-state index in [1.165, 1.54) is 12.1 Å². The van der Waals surface area contributed by atoms with Gasteiger partial charge in [-0.05, 0) is 37.4 Å². The number of benzene rings is 1. The molecule has 2 heterocycles. The predicted molar refractivity (Wildman–Crippen MR) is 76.3 cm³/mol. The van der Waals surface area contributed by atoms with Gasteiger partial charge >= 0.3 is 6.18 Å². The molecular formula is C16H19F3N2O. The van der Waals surface area contributed by atoms with Crippen LogP contribution in [0.25, 0.3) is 0 Å². The Morgan fingerprint density at radius 2 is 1.91 bits per heavy atom. The van der Waals surface area contributed by atoms with Crippen molar-refractivity contribution in [2.24, 2.45) is 0 Å². The van der Waals surface area contributed by atoms with Gasteiger partial charge in [0.25, 0.3) is 0 Å². The molecule has 2 saturated heterocycles. The van der Waals surface area contributed by atoms with Crippen molar-refractivity contribution < 1.29 is 18.0 Å². The summed E-state index contributed by atoms with van der Waals surface area (Å²) in [5.74, 6) is -0.187. The Hall–Kier alpha value is -1.56. The van der Waals surface area contributed by atoms with E-state index >= 15 is 0 Å². The fraction of sp³-hybridized carbons (Fsp3) is 0.562. The van der Waals surface area contributed by atoms with Crippen LogP contribution in [-0.2, 0) is 17.4 Å². The van der Waals surface area contributed by atoms with Crippen LogP contribution in [0.15, 0.2) is 24.3 Å². The molecule has 1 aromatic carbocycles. The van der Waals surface area contributed by atoms with Gasteiger partial charge in [0.05, 0.1) is 12.0 Å². The summed E-state index contributed by atoms with van der Waals surface area (Å²) in [5.41, 5.74) is -0.639. The minimum Gasteiger partial charge on any atom is -0.335 e. The first kappa shape index (κ1) is 15.3. The van der Waals surface area contributed by atoms with Gasteiger partial charge in [0, 0.05) is 18.6 Å². The van der Waals surface area contributed by atoms with E-state index in [0.29, 0.717) is 0 Å². The van der Waals surface area contributed by atoms with Crippen molar-refractivity contribution in [1.82, 2.24) is 10.2 Å². The van der Waals surface area contributed by atoms with Crippen molar-refractivity contribution in [2.45, 2.75) is 43.9 Å². The second-order valence-corrected chi connectivity index (χ2v) is 6.01. The minimum absolute atomic E-state index is 0.0663. The van der Waals surface area contributed by atoms with E-state index in [2.05, 4.69) is 5.32 Å². The molecular weight excluding hydrogens is 293 g/mol. The largest absolute Gasteiger partial charge is 0.416 e. The molecule has 3 rings (SSSR count). The van der Waals surface area contributed by atoms with Crippen LogP contribution in [0.3, 0.4) is 0 Å². The van der Waals surface area contributed by atoms with Crippen LogP contribution in [0.5, 0.6) is 0 Å². The predicted octanol–water partition coefficient (Wildman–Crippen LogP) is 2.60. The number of carbonyl (C=O) groups excluding carboxylic acids is 1. The van der Waals surface area contributed by atoms with Gasteiger partial charge in [-0.1, -0.05) is 18.2 Å². The molecule has 2 fully saturated rings. The van der Waals surface area contributed by atoms with E-state index in [1.807, 2.05) is 4.90 Å². The molecule has 2 aliphatic heterocycles. The Balaban J connectivity index is 1.80. The molecule has 1 amide bonds. The van der Waals surface area contributed by atoms with Crippen molar-refractivity contribution >= 4 is 5.91 Å². The van der Waals surface area contributed by atoms with Gasteiger partial charge in [0.15, 0.2) is 0 Å². The standard InChI is InChI=1S/C16H19F3N2O/c17-16(18,19)14-4-2-1-3-11(14)9-15(22)21-12-5-6-13(21)10-20-8-7-12/h1-4,12-13,20H,5-10H2. The lowest BCUT2D eigenvalue weighted by molar-refractivity contribution is -0.139. The summed E-state index contributed by atoms with van der Waals surface area (Å²) >= 11 is 0. The van der Waals surface area contributed by atoms with Crippen LogP contribution in [0.2, 0.25) is 0 Å². The van der Waals surface area contributed by atoms with E-state index in [1.54, 1.807) is 6.07 Å². The SMILES string of the molecule is O=C(Cc1ccccc1C(F)(F)F)N1C2CCNCC1CC2. The number of amides is 1. The summed E-state index contributed by atoms with van der Waals surface area (Å²) in [4.78, 5) is 14.4. The van der Waals surface area contributed by atoms with Crippen molar-refractivity contribution in [1.29, 1.82) is 0 Å². The maximum absolute atomic E-state index is 13.0. The van der Waals surface area contributed by atoms with Crippen molar-refractivity contribution in [3.8, 4) is 0 Å². The number of hydrogen-bond donors (Lipinski definition) is 1. The summed E-state index contributed by atoms with van der Waals surface area (Å²) in [6, 6.07) is 5.65. The summed E-state index contributed by atoms with van der Waals surface area (Å²) in [6.45, 7) is 1.60. The van der Waals surface area contributed by atoms with Gasteiger partial charge in [0.1, 0.15) is 0 Å². The quantitative estimate of drug-likeness (QED) is 0.910. The highest BCUT2D eigenvalue weighted by Crippen LogP contribution is 2.33. The van der Waals surface area contributed by atoms with Gasteiger partial charge in [-0.2, -0.15) is 13.2 Å². The smallest absolute Gasteiger partial charge is 0.335 e. The average Bonchev–Trinajstić information content (AvgIpc) is 2.71. The Kier molecular flexibility index (Phi) is 4.12. The number of halogens is 3. The van der Waals surface area contributed by atoms with E-state index in [0.717, 1.165) is 38.4 Å². The zero-order valence-corrected chi connectivity index (χ0v) is 12.2. The van der Waals surface area contributed by atoms with Gasteiger partial charge < -0.3 is 10.2 Å². The fourth-order valence-corrected chi connectivity index (χ4v) is 3.59. The molecule has 6 heteroatoms. The number of nitrogens with one attached hydrogen (secondary N) is 1. The number of rotatable bonds is 2. The lowest BCUT2D eigenvalue weighted by Crippen LogP contribution is -2.43. The second-order valence-electron chi connectivity index (χ2n) is 6.01. The summed E-state index contributed by atoms with van der Waals surface area (Å²) < 4.78 is 39.1. The molecule has 0 spiro atoms. The van der Waals surface area contributed by atoms with Crippen molar-refractivity contribution in [3.63, 3.8) is 0 Å². The number of nitrogens with zero attached hydrogens (tertiary/aromatic N) is 1. The average molecular weight is 312 g/mol. The molecule has 2 aliphatic rings. The third kappa shape index (κ3) is 2.97. The van der Waals surface area contributed by atoms with Crippen LogP contribution in [0, 0.1) is 0 Å². The maximum Gasteiger partial charge on any atom is 0.416 e. The molecule has 22 heavy (non-hydrogen) atoms. The molecule has 0 saturated carbocycles. The first-order valence-electron chi connectivity index (χ1n) is 7.64. The highest BCUT2D eigenvalue weighted by molar-refractivity contribution is 5.80. The molecule has 120 valence electrons. The number of carbonyl (C=O) groups is 1. The van der Waals surface area contributed by atoms with E-state index in [-0.39, 0.29) is 30.0 Å². The highest BCUT2D eigenvalue weighted by atomic mass is 19.4. The number of fused-ring (bicyclic) bond motifs is 2. The lowest BCUT2D eigenvalue weighted by Gasteiger charge is -2.28. The number of hydrogen-bond acceptors (Lipinski definition) is 2. The first-order valence-corrected chi connectivity index (χ1v) is 7.64. The first-order chi connectivity index (χ1) is 10.5. The minimum atomic E-state index is -4.42. The molecule has 0 radical (unpaired) electrons. The van der Waals surface area contributed by atoms with Gasteiger partial charge in [-0.25, -0.2) is 0 Å². The van der Waals surface area contributed by atoms with Crippen molar-refractivity contribution in [2.75, 3.05) is 13.1 Å². The lowest BCUT2D eigenvalue weighted by atomic mass is 10.0. The van der Waals surface area contributed by atoms with Gasteiger partial charge in [-0.15, -0.1) is 0 Å². The molecule has 2 atom stereocenters. The summed E-state index contributed by atoms with van der Waals surface area (Å²) in [5, 5.41) is 3.29. The maximum atomic E-state index is 13.0. The van der Waals surface area contributed by atoms with Gasteiger partial charge in [-0.3, -0.25) is 4.79 Å². The Bertz CT molecular complexity index is 545. The van der Waals surface area contributed by atoms with Crippen LogP contribution in [0.4, 0.5) is 13.2 Å². The van der Waals surface area contributed by atoms with Crippen LogP contribution >= 0.6 is 0 Å². The summed E-state index contributed by atoms with van der Waals surface area (Å²) in [7, 11) is 0. The molecule has 2 unspecified atom stereocenters. The van der Waals surface area contributed by atoms with Gasteiger partial charge in [0.2, 0.25) is 5.91 Å². The van der Waals surface area contributed by atoms with E-state index < -0.39 is 11.7 Å². The number of alkyl halides is 3. The van der Waals surface area contributed by atoms with Crippen LogP contribution < -0.4 is 5.32 Å². The van der Waals surface area contributed by atoms with E-state index in [4.69, 9.17) is 0 Å². The topological polar surface area (TPSA) is 32.3 Å². The summed E-state index contributed by atoms with van der Waals surface area (Å²) in [6.07, 6.45) is -1.83. The molecule has 2 bridgehead atoms. The zero-order valence-electron chi connectivity index (χ0n) is 12.2. The van der Waals surface area contributed by atoms with Crippen molar-refractivity contribution in [3.05, 3.63) is 35.4 Å². The third-order valence-electron chi connectivity index (χ3n) is 4.61. The molecule has 0 aromatic heterocycles. The molecule has 1 N–H and O–H groups in total. The molecule has 1 aromatic rings. The van der Waals surface area contributed by atoms with Crippen LogP contribution in [-0.4, -0.2) is 36.0 Å². The molecule has 0 aliphatic carbocycles.